The number of amidine groups is 1. The molecule has 0 atom stereocenters. The standard InChI is InChI=1S/C24H19FN2O3/c1-29-20-12-8-17(9-13-20)23-26-22(14-16-6-10-18(25)11-7-16)24(28)27(23)19-4-3-5-21(15-19)30-2/h3-15H,1-2H3/b22-14-. The Morgan fingerprint density at radius 2 is 1.60 bits per heavy atom. The minimum atomic E-state index is -0.338. The summed E-state index contributed by atoms with van der Waals surface area (Å²) in [6.07, 6.45) is 1.64. The molecule has 1 heterocycles. The van der Waals surface area contributed by atoms with E-state index in [1.54, 1.807) is 43.4 Å². The Bertz CT molecular complexity index is 1140. The molecule has 0 spiro atoms. The average Bonchev–Trinajstić information content (AvgIpc) is 3.11. The fourth-order valence-corrected chi connectivity index (χ4v) is 3.16. The van der Waals surface area contributed by atoms with Gasteiger partial charge in [0, 0.05) is 11.6 Å². The summed E-state index contributed by atoms with van der Waals surface area (Å²) in [4.78, 5) is 19.4. The molecular formula is C24H19FN2O3. The van der Waals surface area contributed by atoms with Crippen LogP contribution in [0.1, 0.15) is 11.1 Å². The first kappa shape index (κ1) is 19.4. The van der Waals surface area contributed by atoms with E-state index in [-0.39, 0.29) is 17.4 Å². The lowest BCUT2D eigenvalue weighted by molar-refractivity contribution is -0.113. The topological polar surface area (TPSA) is 51.1 Å². The maximum absolute atomic E-state index is 13.3. The molecule has 3 aromatic carbocycles. The van der Waals surface area contributed by atoms with Crippen LogP contribution in [-0.2, 0) is 4.79 Å². The molecule has 0 saturated carbocycles. The van der Waals surface area contributed by atoms with Crippen molar-refractivity contribution >= 4 is 23.5 Å². The molecule has 0 bridgehead atoms. The van der Waals surface area contributed by atoms with E-state index in [0.717, 1.165) is 5.56 Å². The molecule has 5 nitrogen and oxygen atoms in total. The summed E-state index contributed by atoms with van der Waals surface area (Å²) >= 11 is 0. The highest BCUT2D eigenvalue weighted by Crippen LogP contribution is 2.30. The van der Waals surface area contributed by atoms with Crippen LogP contribution in [0.4, 0.5) is 10.1 Å². The minimum absolute atomic E-state index is 0.259. The summed E-state index contributed by atoms with van der Waals surface area (Å²) in [6, 6.07) is 20.4. The van der Waals surface area contributed by atoms with E-state index >= 15 is 0 Å². The number of rotatable bonds is 5. The SMILES string of the molecule is COc1ccc(C2=N/C(=C\c3ccc(F)cc3)C(=O)N2c2cccc(OC)c2)cc1. The average molecular weight is 402 g/mol. The summed E-state index contributed by atoms with van der Waals surface area (Å²) in [5, 5.41) is 0. The number of carbonyl (C=O) groups excluding carboxylic acids is 1. The van der Waals surface area contributed by atoms with Crippen molar-refractivity contribution in [3.63, 3.8) is 0 Å². The van der Waals surface area contributed by atoms with Gasteiger partial charge in [0.05, 0.1) is 19.9 Å². The van der Waals surface area contributed by atoms with E-state index < -0.39 is 0 Å². The highest BCUT2D eigenvalue weighted by atomic mass is 19.1. The lowest BCUT2D eigenvalue weighted by atomic mass is 10.1. The molecule has 0 radical (unpaired) electrons. The number of amides is 1. The van der Waals surface area contributed by atoms with Crippen molar-refractivity contribution in [3.8, 4) is 11.5 Å². The lowest BCUT2D eigenvalue weighted by Gasteiger charge is -2.19. The number of ether oxygens (including phenoxy) is 2. The first-order valence-electron chi connectivity index (χ1n) is 9.28. The van der Waals surface area contributed by atoms with Crippen molar-refractivity contribution in [2.24, 2.45) is 4.99 Å². The molecule has 0 unspecified atom stereocenters. The summed E-state index contributed by atoms with van der Waals surface area (Å²) in [5.74, 6) is 1.21. The third-order valence-electron chi connectivity index (χ3n) is 4.69. The molecule has 6 heteroatoms. The van der Waals surface area contributed by atoms with Gasteiger partial charge in [-0.1, -0.05) is 18.2 Å². The number of hydrogen-bond acceptors (Lipinski definition) is 4. The second-order valence-corrected chi connectivity index (χ2v) is 6.59. The fraction of sp³-hybridized carbons (Fsp3) is 0.0833. The fourth-order valence-electron chi connectivity index (χ4n) is 3.16. The molecule has 1 amide bonds. The normalized spacial score (nSPS) is 14.8. The van der Waals surface area contributed by atoms with Crippen LogP contribution in [0.25, 0.3) is 6.08 Å². The van der Waals surface area contributed by atoms with E-state index in [2.05, 4.69) is 4.99 Å². The number of methoxy groups -OCH3 is 2. The molecular weight excluding hydrogens is 383 g/mol. The van der Waals surface area contributed by atoms with Crippen LogP contribution >= 0.6 is 0 Å². The third-order valence-corrected chi connectivity index (χ3v) is 4.69. The van der Waals surface area contributed by atoms with Crippen molar-refractivity contribution in [2.45, 2.75) is 0 Å². The van der Waals surface area contributed by atoms with Gasteiger partial charge < -0.3 is 9.47 Å². The largest absolute Gasteiger partial charge is 0.497 e. The van der Waals surface area contributed by atoms with Crippen molar-refractivity contribution < 1.29 is 18.7 Å². The number of aliphatic imine (C=N–C) groups is 1. The Morgan fingerprint density at radius 1 is 0.900 bits per heavy atom. The molecule has 0 aliphatic carbocycles. The van der Waals surface area contributed by atoms with E-state index in [4.69, 9.17) is 9.47 Å². The van der Waals surface area contributed by atoms with Gasteiger partial charge in [-0.3, -0.25) is 9.69 Å². The van der Waals surface area contributed by atoms with E-state index in [9.17, 15) is 9.18 Å². The number of carbonyl (C=O) groups is 1. The van der Waals surface area contributed by atoms with Gasteiger partial charge in [-0.15, -0.1) is 0 Å². The van der Waals surface area contributed by atoms with Gasteiger partial charge in [0.2, 0.25) is 0 Å². The van der Waals surface area contributed by atoms with E-state index in [0.29, 0.717) is 28.6 Å². The van der Waals surface area contributed by atoms with Gasteiger partial charge in [-0.2, -0.15) is 0 Å². The molecule has 0 aromatic heterocycles. The Labute approximate surface area is 173 Å². The highest BCUT2D eigenvalue weighted by Gasteiger charge is 2.32. The van der Waals surface area contributed by atoms with Crippen LogP contribution < -0.4 is 14.4 Å². The number of hydrogen-bond donors (Lipinski definition) is 0. The summed E-state index contributed by atoms with van der Waals surface area (Å²) in [6.45, 7) is 0. The number of nitrogens with zero attached hydrogens (tertiary/aromatic N) is 2. The predicted octanol–water partition coefficient (Wildman–Crippen LogP) is 4.68. The maximum Gasteiger partial charge on any atom is 0.282 e. The molecule has 3 aromatic rings. The van der Waals surface area contributed by atoms with Gasteiger partial charge in [-0.05, 0) is 60.2 Å². The third kappa shape index (κ3) is 3.80. The maximum atomic E-state index is 13.3. The van der Waals surface area contributed by atoms with Crippen LogP contribution in [0, 0.1) is 5.82 Å². The molecule has 4 rings (SSSR count). The van der Waals surface area contributed by atoms with Gasteiger partial charge in [0.1, 0.15) is 28.8 Å². The highest BCUT2D eigenvalue weighted by molar-refractivity contribution is 6.33. The van der Waals surface area contributed by atoms with Crippen LogP contribution in [0.2, 0.25) is 0 Å². The van der Waals surface area contributed by atoms with Crippen LogP contribution in [0.5, 0.6) is 11.5 Å². The van der Waals surface area contributed by atoms with Gasteiger partial charge in [0.25, 0.3) is 5.91 Å². The quantitative estimate of drug-likeness (QED) is 0.583. The zero-order valence-corrected chi connectivity index (χ0v) is 16.5. The smallest absolute Gasteiger partial charge is 0.282 e. The Balaban J connectivity index is 1.81. The van der Waals surface area contributed by atoms with Crippen molar-refractivity contribution in [1.29, 1.82) is 0 Å². The lowest BCUT2D eigenvalue weighted by Crippen LogP contribution is -2.32. The van der Waals surface area contributed by atoms with Crippen LogP contribution in [0.15, 0.2) is 83.5 Å². The van der Waals surface area contributed by atoms with Gasteiger partial charge >= 0.3 is 0 Å². The van der Waals surface area contributed by atoms with Crippen molar-refractivity contribution in [2.75, 3.05) is 19.1 Å². The zero-order valence-electron chi connectivity index (χ0n) is 16.5. The van der Waals surface area contributed by atoms with Crippen molar-refractivity contribution in [3.05, 3.63) is 95.4 Å². The van der Waals surface area contributed by atoms with Gasteiger partial charge in [0.15, 0.2) is 0 Å². The molecule has 1 aliphatic rings. The second-order valence-electron chi connectivity index (χ2n) is 6.59. The van der Waals surface area contributed by atoms with E-state index in [1.165, 1.54) is 12.1 Å². The van der Waals surface area contributed by atoms with Gasteiger partial charge in [-0.25, -0.2) is 9.38 Å². The number of anilines is 1. The van der Waals surface area contributed by atoms with E-state index in [1.807, 2.05) is 42.5 Å². The predicted molar refractivity (Wildman–Crippen MR) is 114 cm³/mol. The molecule has 0 N–H and O–H groups in total. The first-order valence-corrected chi connectivity index (χ1v) is 9.28. The van der Waals surface area contributed by atoms with Crippen LogP contribution in [0.3, 0.4) is 0 Å². The minimum Gasteiger partial charge on any atom is -0.497 e. The second kappa shape index (κ2) is 8.21. The van der Waals surface area contributed by atoms with Crippen LogP contribution in [-0.4, -0.2) is 26.0 Å². The monoisotopic (exact) mass is 402 g/mol. The Morgan fingerprint density at radius 3 is 2.27 bits per heavy atom. The molecule has 1 aliphatic heterocycles. The number of benzene rings is 3. The summed E-state index contributed by atoms with van der Waals surface area (Å²) in [5.41, 5.74) is 2.34. The zero-order chi connectivity index (χ0) is 21.1. The first-order chi connectivity index (χ1) is 14.6. The summed E-state index contributed by atoms with van der Waals surface area (Å²) < 4.78 is 23.8. The molecule has 0 saturated heterocycles. The Kier molecular flexibility index (Phi) is 5.30. The molecule has 30 heavy (non-hydrogen) atoms. The molecule has 150 valence electrons. The summed E-state index contributed by atoms with van der Waals surface area (Å²) in [7, 11) is 3.17. The van der Waals surface area contributed by atoms with Crippen molar-refractivity contribution in [1.82, 2.24) is 0 Å². The number of halogens is 1. The Hall–Kier alpha value is -3.93. The molecule has 0 fully saturated rings.